The van der Waals surface area contributed by atoms with Crippen LogP contribution in [0, 0.1) is 5.41 Å². The second kappa shape index (κ2) is 6.11. The second-order valence-electron chi connectivity index (χ2n) is 5.96. The monoisotopic (exact) mass is 303 g/mol. The van der Waals surface area contributed by atoms with E-state index >= 15 is 0 Å². The molecule has 0 aliphatic rings. The first-order valence-corrected chi connectivity index (χ1v) is 8.03. The number of nitrogen functional groups attached to an aromatic ring is 1. The summed E-state index contributed by atoms with van der Waals surface area (Å²) >= 11 is 0. The van der Waals surface area contributed by atoms with Crippen LogP contribution < -0.4 is 10.5 Å². The van der Waals surface area contributed by atoms with Gasteiger partial charge >= 0.3 is 0 Å². The summed E-state index contributed by atoms with van der Waals surface area (Å²) in [6, 6.07) is 0. The summed E-state index contributed by atoms with van der Waals surface area (Å²) < 4.78 is 28.6. The first kappa shape index (κ1) is 16.9. The van der Waals surface area contributed by atoms with E-state index in [1.165, 1.54) is 10.9 Å². The smallest absolute Gasteiger partial charge is 0.245 e. The number of rotatable bonds is 7. The average molecular weight is 303 g/mol. The van der Waals surface area contributed by atoms with Crippen LogP contribution in [-0.2, 0) is 16.6 Å². The summed E-state index contributed by atoms with van der Waals surface area (Å²) in [5.41, 5.74) is 5.49. The van der Waals surface area contributed by atoms with E-state index in [-0.39, 0.29) is 16.1 Å². The van der Waals surface area contributed by atoms with Gasteiger partial charge in [-0.3, -0.25) is 4.68 Å². The van der Waals surface area contributed by atoms with Gasteiger partial charge in [-0.1, -0.05) is 13.8 Å². The number of hydrogen-bond acceptors (Lipinski definition) is 5. The molecule has 0 aliphatic heterocycles. The quantitative estimate of drug-likeness (QED) is 0.758. The number of anilines is 1. The lowest BCUT2D eigenvalue weighted by Crippen LogP contribution is -2.40. The second-order valence-corrected chi connectivity index (χ2v) is 7.70. The molecule has 7 nitrogen and oxygen atoms in total. The summed E-state index contributed by atoms with van der Waals surface area (Å²) in [5, 5.41) is 3.96. The molecule has 0 unspecified atom stereocenters. The average Bonchev–Trinajstić information content (AvgIpc) is 2.67. The normalized spacial score (nSPS) is 13.1. The molecular weight excluding hydrogens is 278 g/mol. The van der Waals surface area contributed by atoms with Gasteiger partial charge in [0.1, 0.15) is 4.90 Å². The van der Waals surface area contributed by atoms with Crippen molar-refractivity contribution in [2.24, 2.45) is 5.41 Å². The third-order valence-electron chi connectivity index (χ3n) is 2.85. The van der Waals surface area contributed by atoms with Gasteiger partial charge in [0.2, 0.25) is 10.0 Å². The van der Waals surface area contributed by atoms with Crippen molar-refractivity contribution in [3.05, 3.63) is 6.20 Å². The zero-order chi connectivity index (χ0) is 15.6. The molecule has 0 saturated carbocycles. The van der Waals surface area contributed by atoms with Gasteiger partial charge in [-0.15, -0.1) is 0 Å². The zero-order valence-electron chi connectivity index (χ0n) is 12.8. The number of nitrogens with zero attached hydrogens (tertiary/aromatic N) is 3. The topological polar surface area (TPSA) is 93.2 Å². The van der Waals surface area contributed by atoms with Crippen molar-refractivity contribution in [1.82, 2.24) is 19.4 Å². The fourth-order valence-corrected chi connectivity index (χ4v) is 3.38. The first-order valence-electron chi connectivity index (χ1n) is 6.55. The van der Waals surface area contributed by atoms with Crippen LogP contribution in [-0.4, -0.2) is 50.3 Å². The van der Waals surface area contributed by atoms with Crippen molar-refractivity contribution >= 4 is 15.8 Å². The number of nitrogens with two attached hydrogens (primary N) is 1. The fraction of sp³-hybridized carbons (Fsp3) is 0.750. The summed E-state index contributed by atoms with van der Waals surface area (Å²) in [4.78, 5) is 2.07. The van der Waals surface area contributed by atoms with Gasteiger partial charge in [-0.2, -0.15) is 5.10 Å². The SMILES string of the molecule is CCn1cc(S(=O)(=O)NCC(C)(C)CN(C)C)c(N)n1. The van der Waals surface area contributed by atoms with Crippen LogP contribution in [0.25, 0.3) is 0 Å². The van der Waals surface area contributed by atoms with Crippen LogP contribution in [0.15, 0.2) is 11.1 Å². The molecule has 0 radical (unpaired) electrons. The zero-order valence-corrected chi connectivity index (χ0v) is 13.7. The predicted molar refractivity (Wildman–Crippen MR) is 79.8 cm³/mol. The highest BCUT2D eigenvalue weighted by atomic mass is 32.2. The highest BCUT2D eigenvalue weighted by Crippen LogP contribution is 2.19. The molecule has 3 N–H and O–H groups in total. The molecular formula is C12H25N5O2S. The Kier molecular flexibility index (Phi) is 5.17. The van der Waals surface area contributed by atoms with E-state index in [0.717, 1.165) is 6.54 Å². The summed E-state index contributed by atoms with van der Waals surface area (Å²) in [5.74, 6) is 0.0322. The Hall–Kier alpha value is -1.12. The van der Waals surface area contributed by atoms with Gasteiger partial charge in [0.25, 0.3) is 0 Å². The van der Waals surface area contributed by atoms with E-state index in [1.807, 2.05) is 39.8 Å². The lowest BCUT2D eigenvalue weighted by atomic mass is 9.93. The highest BCUT2D eigenvalue weighted by Gasteiger charge is 2.25. The molecule has 0 amide bonds. The van der Waals surface area contributed by atoms with Crippen molar-refractivity contribution in [3.8, 4) is 0 Å². The minimum atomic E-state index is -3.63. The maximum Gasteiger partial charge on any atom is 0.245 e. The first-order chi connectivity index (χ1) is 9.07. The van der Waals surface area contributed by atoms with Crippen molar-refractivity contribution in [2.45, 2.75) is 32.2 Å². The molecule has 0 aliphatic carbocycles. The van der Waals surface area contributed by atoms with Crippen LogP contribution in [0.1, 0.15) is 20.8 Å². The van der Waals surface area contributed by atoms with E-state index in [1.54, 1.807) is 0 Å². The van der Waals surface area contributed by atoms with E-state index in [9.17, 15) is 8.42 Å². The molecule has 1 heterocycles. The van der Waals surface area contributed by atoms with E-state index < -0.39 is 10.0 Å². The highest BCUT2D eigenvalue weighted by molar-refractivity contribution is 7.89. The molecule has 116 valence electrons. The summed E-state index contributed by atoms with van der Waals surface area (Å²) in [6.45, 7) is 7.58. The molecule has 0 spiro atoms. The Bertz CT molecular complexity index is 548. The van der Waals surface area contributed by atoms with Crippen LogP contribution >= 0.6 is 0 Å². The van der Waals surface area contributed by atoms with Crippen LogP contribution in [0.4, 0.5) is 5.82 Å². The van der Waals surface area contributed by atoms with Gasteiger partial charge in [-0.05, 0) is 26.4 Å². The lowest BCUT2D eigenvalue weighted by molar-refractivity contribution is 0.242. The maximum atomic E-state index is 12.3. The van der Waals surface area contributed by atoms with Crippen LogP contribution in [0.5, 0.6) is 0 Å². The number of hydrogen-bond donors (Lipinski definition) is 2. The summed E-state index contributed by atoms with van der Waals surface area (Å²) in [6.07, 6.45) is 1.45. The Morgan fingerprint density at radius 2 is 2.05 bits per heavy atom. The molecule has 0 fully saturated rings. The minimum Gasteiger partial charge on any atom is -0.381 e. The maximum absolute atomic E-state index is 12.3. The number of nitrogens with one attached hydrogen (secondary N) is 1. The van der Waals surface area contributed by atoms with Crippen molar-refractivity contribution in [3.63, 3.8) is 0 Å². The minimum absolute atomic E-state index is 0.0322. The van der Waals surface area contributed by atoms with E-state index in [4.69, 9.17) is 5.73 Å². The third-order valence-corrected chi connectivity index (χ3v) is 4.27. The van der Waals surface area contributed by atoms with E-state index in [0.29, 0.717) is 13.1 Å². The molecule has 0 saturated heterocycles. The van der Waals surface area contributed by atoms with Crippen molar-refractivity contribution < 1.29 is 8.42 Å². The third kappa shape index (κ3) is 4.46. The summed E-state index contributed by atoms with van der Waals surface area (Å²) in [7, 11) is 0.290. The lowest BCUT2D eigenvalue weighted by Gasteiger charge is -2.28. The Labute approximate surface area is 121 Å². The van der Waals surface area contributed by atoms with Crippen molar-refractivity contribution in [1.29, 1.82) is 0 Å². The Balaban J connectivity index is 2.82. The van der Waals surface area contributed by atoms with E-state index in [2.05, 4.69) is 9.82 Å². The van der Waals surface area contributed by atoms with Crippen molar-refractivity contribution in [2.75, 3.05) is 32.9 Å². The number of aryl methyl sites for hydroxylation is 1. The van der Waals surface area contributed by atoms with Gasteiger partial charge in [0.05, 0.1) is 0 Å². The molecule has 1 aromatic rings. The van der Waals surface area contributed by atoms with Crippen LogP contribution in [0.2, 0.25) is 0 Å². The fourth-order valence-electron chi connectivity index (χ4n) is 2.07. The molecule has 0 atom stereocenters. The molecule has 0 aromatic carbocycles. The Morgan fingerprint density at radius 3 is 2.50 bits per heavy atom. The predicted octanol–water partition coefficient (Wildman–Crippen LogP) is 0.351. The molecule has 1 rings (SSSR count). The largest absolute Gasteiger partial charge is 0.381 e. The molecule has 1 aromatic heterocycles. The van der Waals surface area contributed by atoms with Gasteiger partial charge < -0.3 is 10.6 Å². The Morgan fingerprint density at radius 1 is 1.45 bits per heavy atom. The van der Waals surface area contributed by atoms with Gasteiger partial charge in [0, 0.05) is 25.8 Å². The molecule has 0 bridgehead atoms. The standard InChI is InChI=1S/C12H25N5O2S/c1-6-17-7-10(11(13)15-17)20(18,19)14-8-12(2,3)9-16(4)5/h7,14H,6,8-9H2,1-5H3,(H2,13,15). The molecule has 20 heavy (non-hydrogen) atoms. The van der Waals surface area contributed by atoms with Gasteiger partial charge in [0.15, 0.2) is 5.82 Å². The van der Waals surface area contributed by atoms with Crippen LogP contribution in [0.3, 0.4) is 0 Å². The number of sulfonamides is 1. The molecule has 8 heteroatoms. The number of aromatic nitrogens is 2. The van der Waals surface area contributed by atoms with Gasteiger partial charge in [-0.25, -0.2) is 13.1 Å².